The number of carbonyl (C=O) groups excluding carboxylic acids is 1. The maximum Gasteiger partial charge on any atom is 0.326 e. The molecule has 24 heavy (non-hydrogen) atoms. The highest BCUT2D eigenvalue weighted by atomic mass is 16.4. The average Bonchev–Trinajstić information content (AvgIpc) is 2.61. The molecule has 1 saturated carbocycles. The van der Waals surface area contributed by atoms with Gasteiger partial charge in [-0.05, 0) is 43.1 Å². The molecule has 132 valence electrons. The molecule has 2 atom stereocenters. The van der Waals surface area contributed by atoms with Gasteiger partial charge in [-0.3, -0.25) is 4.79 Å². The summed E-state index contributed by atoms with van der Waals surface area (Å²) >= 11 is 0. The third kappa shape index (κ3) is 5.06. The summed E-state index contributed by atoms with van der Waals surface area (Å²) < 4.78 is 0. The Kier molecular flexibility index (Phi) is 6.79. The number of carboxylic acid groups (broad SMARTS) is 1. The van der Waals surface area contributed by atoms with E-state index in [1.165, 1.54) is 0 Å². The lowest BCUT2D eigenvalue weighted by Crippen LogP contribution is -2.45. The van der Waals surface area contributed by atoms with Crippen molar-refractivity contribution in [3.05, 3.63) is 35.9 Å². The highest BCUT2D eigenvalue weighted by Gasteiger charge is 2.31. The second-order valence-corrected chi connectivity index (χ2v) is 6.86. The normalized spacial score (nSPS) is 23.2. The van der Waals surface area contributed by atoms with Crippen molar-refractivity contribution < 1.29 is 19.8 Å². The molecule has 1 aliphatic rings. The molecule has 2 rings (SSSR count). The summed E-state index contributed by atoms with van der Waals surface area (Å²) in [6.45, 7) is 2.21. The molecule has 5 nitrogen and oxygen atoms in total. The molecule has 1 amide bonds. The van der Waals surface area contributed by atoms with Crippen molar-refractivity contribution in [3.63, 3.8) is 0 Å². The van der Waals surface area contributed by atoms with Gasteiger partial charge in [0.25, 0.3) is 0 Å². The molecule has 0 heterocycles. The van der Waals surface area contributed by atoms with E-state index in [2.05, 4.69) is 5.32 Å². The van der Waals surface area contributed by atoms with Crippen molar-refractivity contribution in [1.29, 1.82) is 0 Å². The molecule has 1 aromatic rings. The minimum atomic E-state index is -1.00. The number of hydrogen-bond acceptors (Lipinski definition) is 3. The van der Waals surface area contributed by atoms with E-state index >= 15 is 0 Å². The van der Waals surface area contributed by atoms with Crippen LogP contribution >= 0.6 is 0 Å². The second kappa shape index (κ2) is 8.83. The predicted molar refractivity (Wildman–Crippen MR) is 91.4 cm³/mol. The zero-order chi connectivity index (χ0) is 17.5. The smallest absolute Gasteiger partial charge is 0.326 e. The van der Waals surface area contributed by atoms with Crippen LogP contribution < -0.4 is 5.32 Å². The summed E-state index contributed by atoms with van der Waals surface area (Å²) in [6, 6.07) is 8.44. The fourth-order valence-corrected chi connectivity index (χ4v) is 3.44. The van der Waals surface area contributed by atoms with Crippen molar-refractivity contribution in [2.24, 2.45) is 17.8 Å². The molecule has 1 fully saturated rings. The van der Waals surface area contributed by atoms with E-state index < -0.39 is 12.0 Å². The third-order valence-electron chi connectivity index (χ3n) is 5.13. The molecular formula is C19H27NO4. The first-order valence-corrected chi connectivity index (χ1v) is 8.69. The maximum atomic E-state index is 12.4. The SMILES string of the molecule is C[C@H](CO)C1CCC(C(=O)N[C@H](Cc2ccccc2)C(=O)O)CC1. The maximum absolute atomic E-state index is 12.4. The molecular weight excluding hydrogens is 306 g/mol. The number of amides is 1. The first-order chi connectivity index (χ1) is 11.5. The van der Waals surface area contributed by atoms with Crippen LogP contribution in [-0.2, 0) is 16.0 Å². The predicted octanol–water partition coefficient (Wildman–Crippen LogP) is 2.23. The van der Waals surface area contributed by atoms with Gasteiger partial charge < -0.3 is 15.5 Å². The first kappa shape index (κ1) is 18.5. The molecule has 0 radical (unpaired) electrons. The zero-order valence-corrected chi connectivity index (χ0v) is 14.1. The molecule has 0 aliphatic heterocycles. The van der Waals surface area contributed by atoms with E-state index in [-0.39, 0.29) is 24.3 Å². The summed E-state index contributed by atoms with van der Waals surface area (Å²) in [6.07, 6.45) is 3.64. The fourth-order valence-electron chi connectivity index (χ4n) is 3.44. The van der Waals surface area contributed by atoms with Gasteiger partial charge >= 0.3 is 5.97 Å². The Labute approximate surface area is 143 Å². The topological polar surface area (TPSA) is 86.6 Å². The van der Waals surface area contributed by atoms with E-state index in [0.29, 0.717) is 12.3 Å². The summed E-state index contributed by atoms with van der Waals surface area (Å²) in [4.78, 5) is 23.9. The van der Waals surface area contributed by atoms with Gasteiger partial charge in [-0.15, -0.1) is 0 Å². The highest BCUT2D eigenvalue weighted by molar-refractivity contribution is 5.85. The van der Waals surface area contributed by atoms with E-state index in [4.69, 9.17) is 0 Å². The van der Waals surface area contributed by atoms with Crippen LogP contribution in [-0.4, -0.2) is 34.7 Å². The Morgan fingerprint density at radius 2 is 1.79 bits per heavy atom. The third-order valence-corrected chi connectivity index (χ3v) is 5.13. The van der Waals surface area contributed by atoms with Crippen LogP contribution in [0.5, 0.6) is 0 Å². The van der Waals surface area contributed by atoms with Gasteiger partial charge in [0, 0.05) is 18.9 Å². The molecule has 5 heteroatoms. The van der Waals surface area contributed by atoms with Gasteiger partial charge in [-0.25, -0.2) is 4.79 Å². The number of carboxylic acids is 1. The second-order valence-electron chi connectivity index (χ2n) is 6.86. The molecule has 0 aromatic heterocycles. The zero-order valence-electron chi connectivity index (χ0n) is 14.1. The minimum absolute atomic E-state index is 0.121. The van der Waals surface area contributed by atoms with Crippen molar-refractivity contribution in [3.8, 4) is 0 Å². The number of hydrogen-bond donors (Lipinski definition) is 3. The van der Waals surface area contributed by atoms with E-state index in [9.17, 15) is 19.8 Å². The number of aliphatic hydroxyl groups excluding tert-OH is 1. The van der Waals surface area contributed by atoms with Crippen molar-refractivity contribution in [2.45, 2.75) is 45.1 Å². The number of aliphatic carboxylic acids is 1. The summed E-state index contributed by atoms with van der Waals surface area (Å²) in [5.74, 6) is -0.564. The van der Waals surface area contributed by atoms with E-state index in [1.54, 1.807) is 0 Å². The van der Waals surface area contributed by atoms with Crippen LogP contribution in [0.4, 0.5) is 0 Å². The van der Waals surface area contributed by atoms with E-state index in [1.807, 2.05) is 37.3 Å². The van der Waals surface area contributed by atoms with Crippen LogP contribution in [0.2, 0.25) is 0 Å². The van der Waals surface area contributed by atoms with Crippen LogP contribution in [0.1, 0.15) is 38.2 Å². The molecule has 0 unspecified atom stereocenters. The monoisotopic (exact) mass is 333 g/mol. The number of benzene rings is 1. The Bertz CT molecular complexity index is 538. The molecule has 1 aliphatic carbocycles. The Hall–Kier alpha value is -1.88. The first-order valence-electron chi connectivity index (χ1n) is 8.69. The number of carbonyl (C=O) groups is 2. The quantitative estimate of drug-likeness (QED) is 0.714. The van der Waals surface area contributed by atoms with Gasteiger partial charge in [-0.2, -0.15) is 0 Å². The molecule has 1 aromatic carbocycles. The largest absolute Gasteiger partial charge is 0.480 e. The van der Waals surface area contributed by atoms with Crippen LogP contribution in [0.25, 0.3) is 0 Å². The standard InChI is InChI=1S/C19H27NO4/c1-13(12-21)15-7-9-16(10-8-15)18(22)20-17(19(23)24)11-14-5-3-2-4-6-14/h2-6,13,15-17,21H,7-12H2,1H3,(H,20,22)(H,23,24)/t13-,15?,16?,17-/m1/s1. The van der Waals surface area contributed by atoms with Crippen LogP contribution in [0.15, 0.2) is 30.3 Å². The lowest BCUT2D eigenvalue weighted by Gasteiger charge is -2.31. The molecule has 3 N–H and O–H groups in total. The lowest BCUT2D eigenvalue weighted by molar-refractivity contribution is -0.142. The average molecular weight is 333 g/mol. The number of aliphatic hydroxyl groups is 1. The van der Waals surface area contributed by atoms with Crippen LogP contribution in [0, 0.1) is 17.8 Å². The van der Waals surface area contributed by atoms with Crippen LogP contribution in [0.3, 0.4) is 0 Å². The van der Waals surface area contributed by atoms with Crippen molar-refractivity contribution in [2.75, 3.05) is 6.61 Å². The molecule has 0 saturated heterocycles. The Balaban J connectivity index is 1.88. The Morgan fingerprint density at radius 1 is 1.17 bits per heavy atom. The molecule has 0 spiro atoms. The summed E-state index contributed by atoms with van der Waals surface area (Å²) in [5.41, 5.74) is 0.894. The van der Waals surface area contributed by atoms with Crippen molar-refractivity contribution >= 4 is 11.9 Å². The van der Waals surface area contributed by atoms with Gasteiger partial charge in [-0.1, -0.05) is 37.3 Å². The lowest BCUT2D eigenvalue weighted by atomic mass is 9.76. The highest BCUT2D eigenvalue weighted by Crippen LogP contribution is 2.33. The van der Waals surface area contributed by atoms with Gasteiger partial charge in [0.2, 0.25) is 5.91 Å². The van der Waals surface area contributed by atoms with Crippen molar-refractivity contribution in [1.82, 2.24) is 5.32 Å². The summed E-state index contributed by atoms with van der Waals surface area (Å²) in [5, 5.41) is 21.3. The Morgan fingerprint density at radius 3 is 2.33 bits per heavy atom. The van der Waals surface area contributed by atoms with Gasteiger partial charge in [0.1, 0.15) is 6.04 Å². The minimum Gasteiger partial charge on any atom is -0.480 e. The molecule has 0 bridgehead atoms. The number of nitrogens with one attached hydrogen (secondary N) is 1. The fraction of sp³-hybridized carbons (Fsp3) is 0.579. The van der Waals surface area contributed by atoms with Gasteiger partial charge in [0.05, 0.1) is 0 Å². The number of rotatable bonds is 7. The summed E-state index contributed by atoms with van der Waals surface area (Å²) in [7, 11) is 0. The van der Waals surface area contributed by atoms with E-state index in [0.717, 1.165) is 31.2 Å². The van der Waals surface area contributed by atoms with Gasteiger partial charge in [0.15, 0.2) is 0 Å².